The van der Waals surface area contributed by atoms with Crippen LogP contribution < -0.4 is 5.32 Å². The standard InChI is InChI=1S/C17H30N2S/c1-13-7-6-10-19(14(13)2)12-16-9-8-15(20-16)11-18-17(3,4)5/h8-9,13-14,18H,6-7,10-12H2,1-5H3. The molecule has 1 aromatic heterocycles. The van der Waals surface area contributed by atoms with Crippen LogP contribution in [0.15, 0.2) is 12.1 Å². The lowest BCUT2D eigenvalue weighted by molar-refractivity contribution is 0.107. The lowest BCUT2D eigenvalue weighted by Gasteiger charge is -2.37. The van der Waals surface area contributed by atoms with E-state index in [2.05, 4.69) is 57.0 Å². The lowest BCUT2D eigenvalue weighted by Crippen LogP contribution is -2.41. The molecule has 1 fully saturated rings. The maximum Gasteiger partial charge on any atom is 0.0330 e. The Morgan fingerprint density at radius 1 is 1.25 bits per heavy atom. The van der Waals surface area contributed by atoms with Crippen molar-refractivity contribution in [1.82, 2.24) is 10.2 Å². The van der Waals surface area contributed by atoms with Crippen LogP contribution in [0.4, 0.5) is 0 Å². The average molecular weight is 295 g/mol. The molecule has 0 aliphatic carbocycles. The second-order valence-corrected chi connectivity index (χ2v) is 8.56. The summed E-state index contributed by atoms with van der Waals surface area (Å²) in [4.78, 5) is 5.62. The molecule has 1 saturated heterocycles. The summed E-state index contributed by atoms with van der Waals surface area (Å²) in [5.41, 5.74) is 0.195. The van der Waals surface area contributed by atoms with Crippen LogP contribution >= 0.6 is 11.3 Å². The van der Waals surface area contributed by atoms with Crippen molar-refractivity contribution >= 4 is 11.3 Å². The monoisotopic (exact) mass is 294 g/mol. The van der Waals surface area contributed by atoms with Crippen LogP contribution in [0, 0.1) is 5.92 Å². The van der Waals surface area contributed by atoms with Crippen LogP contribution in [0.25, 0.3) is 0 Å². The van der Waals surface area contributed by atoms with Crippen molar-refractivity contribution in [2.45, 2.75) is 72.1 Å². The zero-order valence-corrected chi connectivity index (χ0v) is 14.5. The molecule has 1 aliphatic heterocycles. The topological polar surface area (TPSA) is 15.3 Å². The van der Waals surface area contributed by atoms with E-state index >= 15 is 0 Å². The van der Waals surface area contributed by atoms with E-state index in [1.165, 1.54) is 29.1 Å². The summed E-state index contributed by atoms with van der Waals surface area (Å²) in [5, 5.41) is 3.57. The minimum atomic E-state index is 0.195. The number of nitrogens with zero attached hydrogens (tertiary/aromatic N) is 1. The molecule has 0 amide bonds. The molecule has 1 N–H and O–H groups in total. The van der Waals surface area contributed by atoms with Gasteiger partial charge in [0.25, 0.3) is 0 Å². The summed E-state index contributed by atoms with van der Waals surface area (Å²) >= 11 is 1.97. The Kier molecular flexibility index (Phi) is 5.27. The predicted octanol–water partition coefficient (Wildman–Crippen LogP) is 4.26. The molecule has 2 unspecified atom stereocenters. The van der Waals surface area contributed by atoms with Gasteiger partial charge in [-0.05, 0) is 65.1 Å². The van der Waals surface area contributed by atoms with Crippen molar-refractivity contribution in [2.75, 3.05) is 6.54 Å². The second-order valence-electron chi connectivity index (χ2n) is 7.30. The van der Waals surface area contributed by atoms with Crippen molar-refractivity contribution in [3.8, 4) is 0 Å². The van der Waals surface area contributed by atoms with Gasteiger partial charge in [0, 0.05) is 34.4 Å². The quantitative estimate of drug-likeness (QED) is 0.892. The van der Waals surface area contributed by atoms with E-state index in [9.17, 15) is 0 Å². The Balaban J connectivity index is 1.89. The molecule has 2 rings (SSSR count). The summed E-state index contributed by atoms with van der Waals surface area (Å²) in [6.45, 7) is 14.8. The Morgan fingerprint density at radius 2 is 1.95 bits per heavy atom. The summed E-state index contributed by atoms with van der Waals surface area (Å²) in [6.07, 6.45) is 2.75. The number of piperidine rings is 1. The van der Waals surface area contributed by atoms with Crippen LogP contribution in [-0.4, -0.2) is 23.0 Å². The third-order valence-electron chi connectivity index (χ3n) is 4.37. The first-order valence-corrected chi connectivity index (χ1v) is 8.73. The number of hydrogen-bond donors (Lipinski definition) is 1. The first-order chi connectivity index (χ1) is 9.35. The highest BCUT2D eigenvalue weighted by molar-refractivity contribution is 7.11. The highest BCUT2D eigenvalue weighted by Gasteiger charge is 2.24. The number of nitrogens with one attached hydrogen (secondary N) is 1. The highest BCUT2D eigenvalue weighted by atomic mass is 32.1. The van der Waals surface area contributed by atoms with Gasteiger partial charge in [-0.25, -0.2) is 0 Å². The predicted molar refractivity (Wildman–Crippen MR) is 89.2 cm³/mol. The molecule has 0 spiro atoms. The van der Waals surface area contributed by atoms with Gasteiger partial charge < -0.3 is 5.32 Å². The van der Waals surface area contributed by atoms with Gasteiger partial charge >= 0.3 is 0 Å². The highest BCUT2D eigenvalue weighted by Crippen LogP contribution is 2.26. The molecule has 0 aromatic carbocycles. The van der Waals surface area contributed by atoms with Crippen LogP contribution in [0.3, 0.4) is 0 Å². The van der Waals surface area contributed by atoms with Crippen molar-refractivity contribution in [2.24, 2.45) is 5.92 Å². The molecule has 0 bridgehead atoms. The first kappa shape index (κ1) is 16.0. The summed E-state index contributed by atoms with van der Waals surface area (Å²) in [5.74, 6) is 0.839. The second kappa shape index (κ2) is 6.59. The fourth-order valence-corrected chi connectivity index (χ4v) is 3.78. The van der Waals surface area contributed by atoms with Gasteiger partial charge in [-0.2, -0.15) is 0 Å². The fraction of sp³-hybridized carbons (Fsp3) is 0.765. The van der Waals surface area contributed by atoms with Gasteiger partial charge in [0.05, 0.1) is 0 Å². The largest absolute Gasteiger partial charge is 0.307 e. The van der Waals surface area contributed by atoms with Gasteiger partial charge in [0.1, 0.15) is 0 Å². The van der Waals surface area contributed by atoms with Crippen molar-refractivity contribution in [1.29, 1.82) is 0 Å². The maximum absolute atomic E-state index is 3.57. The van der Waals surface area contributed by atoms with E-state index in [1.54, 1.807) is 0 Å². The first-order valence-electron chi connectivity index (χ1n) is 7.92. The molecular weight excluding hydrogens is 264 g/mol. The molecule has 2 atom stereocenters. The third-order valence-corrected chi connectivity index (χ3v) is 5.44. The zero-order valence-electron chi connectivity index (χ0n) is 13.7. The van der Waals surface area contributed by atoms with Crippen molar-refractivity contribution in [3.05, 3.63) is 21.9 Å². The molecule has 2 nitrogen and oxygen atoms in total. The van der Waals surface area contributed by atoms with Crippen LogP contribution in [0.1, 0.15) is 57.2 Å². The Bertz CT molecular complexity index is 419. The lowest BCUT2D eigenvalue weighted by atomic mass is 9.92. The van der Waals surface area contributed by atoms with Gasteiger partial charge in [-0.3, -0.25) is 4.90 Å². The summed E-state index contributed by atoms with van der Waals surface area (Å²) < 4.78 is 0. The molecule has 114 valence electrons. The van der Waals surface area contributed by atoms with Crippen molar-refractivity contribution < 1.29 is 0 Å². The molecule has 3 heteroatoms. The van der Waals surface area contributed by atoms with Crippen molar-refractivity contribution in [3.63, 3.8) is 0 Å². The number of thiophene rings is 1. The summed E-state index contributed by atoms with van der Waals surface area (Å²) in [7, 11) is 0. The van der Waals surface area contributed by atoms with Gasteiger partial charge in [0.15, 0.2) is 0 Å². The summed E-state index contributed by atoms with van der Waals surface area (Å²) in [6, 6.07) is 5.33. The fourth-order valence-electron chi connectivity index (χ4n) is 2.80. The van der Waals surface area contributed by atoms with E-state index in [4.69, 9.17) is 0 Å². The van der Waals surface area contributed by atoms with E-state index in [0.717, 1.165) is 25.0 Å². The van der Waals surface area contributed by atoms with Gasteiger partial charge in [0.2, 0.25) is 0 Å². The molecule has 0 radical (unpaired) electrons. The van der Waals surface area contributed by atoms with E-state index in [-0.39, 0.29) is 5.54 Å². The molecule has 1 aromatic rings. The molecular formula is C17H30N2S. The van der Waals surface area contributed by atoms with Gasteiger partial charge in [-0.1, -0.05) is 6.92 Å². The molecule has 0 saturated carbocycles. The smallest absolute Gasteiger partial charge is 0.0330 e. The van der Waals surface area contributed by atoms with Crippen LogP contribution in [0.2, 0.25) is 0 Å². The maximum atomic E-state index is 3.57. The average Bonchev–Trinajstić information content (AvgIpc) is 2.80. The number of rotatable bonds is 4. The minimum Gasteiger partial charge on any atom is -0.307 e. The Hall–Kier alpha value is -0.380. The molecule has 20 heavy (non-hydrogen) atoms. The van der Waals surface area contributed by atoms with E-state index in [0.29, 0.717) is 0 Å². The van der Waals surface area contributed by atoms with Crippen LogP contribution in [0.5, 0.6) is 0 Å². The third kappa shape index (κ3) is 4.57. The van der Waals surface area contributed by atoms with Gasteiger partial charge in [-0.15, -0.1) is 11.3 Å². The minimum absolute atomic E-state index is 0.195. The molecule has 2 heterocycles. The number of hydrogen-bond acceptors (Lipinski definition) is 3. The van der Waals surface area contributed by atoms with E-state index < -0.39 is 0 Å². The SMILES string of the molecule is CC1CCCN(Cc2ccc(CNC(C)(C)C)s2)C1C. The van der Waals surface area contributed by atoms with Crippen LogP contribution in [-0.2, 0) is 13.1 Å². The molecule has 1 aliphatic rings. The normalized spacial score (nSPS) is 25.1. The zero-order chi connectivity index (χ0) is 14.8. The Labute approximate surface area is 128 Å². The van der Waals surface area contributed by atoms with E-state index in [1.807, 2.05) is 11.3 Å². The Morgan fingerprint density at radius 3 is 2.65 bits per heavy atom. The number of likely N-dealkylation sites (tertiary alicyclic amines) is 1.